The Labute approximate surface area is 170 Å². The van der Waals surface area contributed by atoms with Gasteiger partial charge in [-0.15, -0.1) is 10.2 Å². The Morgan fingerprint density at radius 2 is 1.93 bits per heavy atom. The summed E-state index contributed by atoms with van der Waals surface area (Å²) in [5.41, 5.74) is 11.5. The van der Waals surface area contributed by atoms with Crippen molar-refractivity contribution in [2.75, 3.05) is 23.7 Å². The summed E-state index contributed by atoms with van der Waals surface area (Å²) in [6, 6.07) is 3.00. The lowest BCUT2D eigenvalue weighted by molar-refractivity contribution is -0.143. The number of hydrogen-bond donors (Lipinski definition) is 2. The molecule has 11 heteroatoms. The quantitative estimate of drug-likeness (QED) is 0.773. The Morgan fingerprint density at radius 3 is 2.55 bits per heavy atom. The zero-order valence-electron chi connectivity index (χ0n) is 15.7. The van der Waals surface area contributed by atoms with E-state index >= 15 is 0 Å². The van der Waals surface area contributed by atoms with Gasteiger partial charge in [-0.25, -0.2) is 0 Å². The topological polar surface area (TPSA) is 107 Å². The van der Waals surface area contributed by atoms with E-state index in [1.54, 1.807) is 0 Å². The number of pyridine rings is 1. The van der Waals surface area contributed by atoms with Gasteiger partial charge in [0.2, 0.25) is 5.95 Å². The maximum atomic E-state index is 13.1. The molecule has 0 radical (unpaired) electrons. The molecule has 1 aliphatic heterocycles. The van der Waals surface area contributed by atoms with Gasteiger partial charge in [0.05, 0.1) is 0 Å². The van der Waals surface area contributed by atoms with E-state index in [-0.39, 0.29) is 27.2 Å². The number of nitrogens with zero attached hydrogens (tertiary/aromatic N) is 5. The van der Waals surface area contributed by atoms with Gasteiger partial charge in [-0.3, -0.25) is 4.98 Å². The van der Waals surface area contributed by atoms with Crippen LogP contribution < -0.4 is 16.4 Å². The number of anilines is 2. The lowest BCUT2D eigenvalue weighted by atomic mass is 9.74. The zero-order valence-corrected chi connectivity index (χ0v) is 16.5. The van der Waals surface area contributed by atoms with Crippen molar-refractivity contribution in [1.29, 1.82) is 0 Å². The van der Waals surface area contributed by atoms with Crippen molar-refractivity contribution < 1.29 is 13.2 Å². The molecule has 4 N–H and O–H groups in total. The first kappa shape index (κ1) is 20.1. The van der Waals surface area contributed by atoms with Gasteiger partial charge in [-0.1, -0.05) is 18.2 Å². The second kappa shape index (κ2) is 7.60. The van der Waals surface area contributed by atoms with E-state index in [1.807, 2.05) is 4.90 Å². The van der Waals surface area contributed by atoms with Crippen molar-refractivity contribution in [3.63, 3.8) is 0 Å². The summed E-state index contributed by atoms with van der Waals surface area (Å²) < 4.78 is 39.4. The lowest BCUT2D eigenvalue weighted by Gasteiger charge is -2.42. The van der Waals surface area contributed by atoms with Crippen LogP contribution in [-0.4, -0.2) is 39.3 Å². The van der Waals surface area contributed by atoms with Crippen LogP contribution in [0.25, 0.3) is 0 Å². The molecule has 156 valence electrons. The van der Waals surface area contributed by atoms with Crippen LogP contribution in [0.1, 0.15) is 37.8 Å². The van der Waals surface area contributed by atoms with Gasteiger partial charge in [0, 0.05) is 30.2 Å². The van der Waals surface area contributed by atoms with Crippen LogP contribution in [0.4, 0.5) is 24.9 Å². The van der Waals surface area contributed by atoms with Gasteiger partial charge in [-0.2, -0.15) is 18.2 Å². The standard InChI is InChI=1S/C18H22F3N7S/c19-18(20,21)13-11(3-2-8-24-13)29-15-14(23)25-16(27-26-15)28-9-6-17(7-10-28)5-1-4-12(17)22/h2-3,8,12H,1,4-7,9-10,22H2,(H2,23,25,27)/t12-/m0/s1. The van der Waals surface area contributed by atoms with Crippen LogP contribution >= 0.6 is 11.8 Å². The molecule has 0 unspecified atom stereocenters. The van der Waals surface area contributed by atoms with Crippen molar-refractivity contribution in [1.82, 2.24) is 20.2 Å². The van der Waals surface area contributed by atoms with E-state index in [9.17, 15) is 13.2 Å². The molecule has 1 saturated heterocycles. The predicted molar refractivity (Wildman–Crippen MR) is 103 cm³/mol. The van der Waals surface area contributed by atoms with E-state index in [4.69, 9.17) is 11.5 Å². The average Bonchev–Trinajstić information content (AvgIpc) is 3.03. The van der Waals surface area contributed by atoms with Crippen molar-refractivity contribution in [3.8, 4) is 0 Å². The largest absolute Gasteiger partial charge is 0.434 e. The third-order valence-corrected chi connectivity index (χ3v) is 6.97. The molecule has 1 aliphatic carbocycles. The molecule has 2 aromatic heterocycles. The Kier molecular flexibility index (Phi) is 5.28. The minimum Gasteiger partial charge on any atom is -0.381 e. The monoisotopic (exact) mass is 425 g/mol. The number of nitrogens with two attached hydrogens (primary N) is 2. The van der Waals surface area contributed by atoms with Crippen LogP contribution in [-0.2, 0) is 6.18 Å². The van der Waals surface area contributed by atoms with Gasteiger partial charge in [-0.05, 0) is 43.2 Å². The number of aromatic nitrogens is 4. The molecule has 2 aliphatic rings. The van der Waals surface area contributed by atoms with Crippen LogP contribution in [0.5, 0.6) is 0 Å². The Hall–Kier alpha value is -2.14. The maximum absolute atomic E-state index is 13.1. The summed E-state index contributed by atoms with van der Waals surface area (Å²) >= 11 is 0.760. The molecule has 4 rings (SSSR count). The fourth-order valence-corrected chi connectivity index (χ4v) is 5.11. The van der Waals surface area contributed by atoms with Crippen molar-refractivity contribution in [3.05, 3.63) is 24.0 Å². The number of rotatable bonds is 3. The number of nitrogen functional groups attached to an aromatic ring is 1. The van der Waals surface area contributed by atoms with Crippen LogP contribution in [0.15, 0.2) is 28.3 Å². The third-order valence-electron chi connectivity index (χ3n) is 5.93. The predicted octanol–water partition coefficient (Wildman–Crippen LogP) is 3.12. The molecule has 0 bridgehead atoms. The molecule has 2 fully saturated rings. The minimum absolute atomic E-state index is 0.0508. The normalized spacial score (nSPS) is 21.7. The summed E-state index contributed by atoms with van der Waals surface area (Å²) in [4.78, 5) is 9.65. The molecular formula is C18H22F3N7S. The van der Waals surface area contributed by atoms with Gasteiger partial charge >= 0.3 is 6.18 Å². The average molecular weight is 425 g/mol. The first-order chi connectivity index (χ1) is 13.8. The summed E-state index contributed by atoms with van der Waals surface area (Å²) in [6.45, 7) is 1.53. The molecule has 29 heavy (non-hydrogen) atoms. The van der Waals surface area contributed by atoms with Crippen molar-refractivity contribution in [2.24, 2.45) is 11.1 Å². The van der Waals surface area contributed by atoms with Crippen LogP contribution in [0.3, 0.4) is 0 Å². The highest BCUT2D eigenvalue weighted by Gasteiger charge is 2.43. The zero-order chi connectivity index (χ0) is 20.6. The Balaban J connectivity index is 1.48. The van der Waals surface area contributed by atoms with Gasteiger partial charge in [0.25, 0.3) is 0 Å². The number of halogens is 3. The molecule has 2 aromatic rings. The fraction of sp³-hybridized carbons (Fsp3) is 0.556. The van der Waals surface area contributed by atoms with E-state index in [1.165, 1.54) is 18.6 Å². The van der Waals surface area contributed by atoms with Gasteiger partial charge in [0.15, 0.2) is 16.5 Å². The molecule has 1 atom stereocenters. The maximum Gasteiger partial charge on any atom is 0.434 e. The Bertz CT molecular complexity index is 884. The summed E-state index contributed by atoms with van der Waals surface area (Å²) in [6.07, 6.45) is 1.88. The molecule has 0 aromatic carbocycles. The van der Waals surface area contributed by atoms with E-state index in [2.05, 4.69) is 20.2 Å². The first-order valence-corrected chi connectivity index (χ1v) is 10.3. The van der Waals surface area contributed by atoms with E-state index in [0.29, 0.717) is 5.95 Å². The number of alkyl halides is 3. The second-order valence-electron chi connectivity index (χ2n) is 7.60. The minimum atomic E-state index is -4.57. The lowest BCUT2D eigenvalue weighted by Crippen LogP contribution is -2.47. The second-order valence-corrected chi connectivity index (χ2v) is 8.63. The molecule has 1 spiro atoms. The highest BCUT2D eigenvalue weighted by Crippen LogP contribution is 2.46. The van der Waals surface area contributed by atoms with E-state index < -0.39 is 11.9 Å². The summed E-state index contributed by atoms with van der Waals surface area (Å²) in [5.74, 6) is 0.449. The van der Waals surface area contributed by atoms with Crippen LogP contribution in [0.2, 0.25) is 0 Å². The molecule has 0 amide bonds. The third kappa shape index (κ3) is 3.97. The molecule has 3 heterocycles. The summed E-state index contributed by atoms with van der Waals surface area (Å²) in [7, 11) is 0. The Morgan fingerprint density at radius 1 is 1.17 bits per heavy atom. The van der Waals surface area contributed by atoms with E-state index in [0.717, 1.165) is 56.7 Å². The smallest absolute Gasteiger partial charge is 0.381 e. The number of hydrogen-bond acceptors (Lipinski definition) is 8. The van der Waals surface area contributed by atoms with Gasteiger partial charge in [0.1, 0.15) is 0 Å². The molecule has 7 nitrogen and oxygen atoms in total. The van der Waals surface area contributed by atoms with Crippen molar-refractivity contribution >= 4 is 23.5 Å². The summed E-state index contributed by atoms with van der Waals surface area (Å²) in [5, 5.41) is 8.28. The van der Waals surface area contributed by atoms with Crippen LogP contribution in [0, 0.1) is 5.41 Å². The molecule has 1 saturated carbocycles. The fourth-order valence-electron chi connectivity index (χ4n) is 4.25. The molecular weight excluding hydrogens is 403 g/mol. The SMILES string of the molecule is Nc1nc(N2CCC3(CCC[C@@H]3N)CC2)nnc1Sc1cccnc1C(F)(F)F. The van der Waals surface area contributed by atoms with Crippen molar-refractivity contribution in [2.45, 2.75) is 54.2 Å². The number of piperidine rings is 1. The first-order valence-electron chi connectivity index (χ1n) is 9.49. The highest BCUT2D eigenvalue weighted by atomic mass is 32.2. The highest BCUT2D eigenvalue weighted by molar-refractivity contribution is 7.99. The van der Waals surface area contributed by atoms with Gasteiger partial charge < -0.3 is 16.4 Å².